The second-order valence-corrected chi connectivity index (χ2v) is 7.48. The summed E-state index contributed by atoms with van der Waals surface area (Å²) in [7, 11) is 0. The maximum atomic E-state index is 13.1. The maximum Gasteiger partial charge on any atom is 0.319 e. The highest BCUT2D eigenvalue weighted by molar-refractivity contribution is 5.92. The quantitative estimate of drug-likeness (QED) is 0.732. The van der Waals surface area contributed by atoms with E-state index < -0.39 is 0 Å². The van der Waals surface area contributed by atoms with Gasteiger partial charge >= 0.3 is 6.03 Å². The SMILES string of the molecule is CCCCn1nc(C(=O)N2CCCCC2CNC(=O)Nc2ccccc2)ccc1=O. The molecule has 0 bridgehead atoms. The first-order chi connectivity index (χ1) is 14.6. The Kier molecular flexibility index (Phi) is 7.59. The van der Waals surface area contributed by atoms with E-state index in [-0.39, 0.29) is 29.2 Å². The molecule has 0 radical (unpaired) electrons. The van der Waals surface area contributed by atoms with Gasteiger partial charge in [-0.05, 0) is 43.9 Å². The van der Waals surface area contributed by atoms with Crippen LogP contribution in [0.15, 0.2) is 47.3 Å². The van der Waals surface area contributed by atoms with Gasteiger partial charge < -0.3 is 15.5 Å². The van der Waals surface area contributed by atoms with Crippen molar-refractivity contribution in [1.29, 1.82) is 0 Å². The number of rotatable bonds is 7. The number of piperidine rings is 1. The number of anilines is 1. The Morgan fingerprint density at radius 2 is 1.93 bits per heavy atom. The molecule has 2 aromatic rings. The normalized spacial score (nSPS) is 16.2. The Labute approximate surface area is 176 Å². The standard InChI is InChI=1S/C22H29N5O3/c1-2-3-15-27-20(28)13-12-19(25-27)21(29)26-14-8-7-11-18(26)16-23-22(30)24-17-9-5-4-6-10-17/h4-6,9-10,12-13,18H,2-3,7-8,11,14-16H2,1H3,(H2,23,24,30). The number of likely N-dealkylation sites (tertiary alicyclic amines) is 1. The van der Waals surface area contributed by atoms with Crippen molar-refractivity contribution in [2.24, 2.45) is 0 Å². The number of urea groups is 1. The highest BCUT2D eigenvalue weighted by Gasteiger charge is 2.29. The van der Waals surface area contributed by atoms with Crippen LogP contribution in [0.1, 0.15) is 49.5 Å². The number of aryl methyl sites for hydroxylation is 1. The summed E-state index contributed by atoms with van der Waals surface area (Å²) in [6.45, 7) is 3.52. The maximum absolute atomic E-state index is 13.1. The Hall–Kier alpha value is -3.16. The summed E-state index contributed by atoms with van der Waals surface area (Å²) >= 11 is 0. The molecule has 3 amide bonds. The first kappa shape index (κ1) is 21.5. The molecule has 30 heavy (non-hydrogen) atoms. The molecule has 1 unspecified atom stereocenters. The van der Waals surface area contributed by atoms with Crippen LogP contribution >= 0.6 is 0 Å². The minimum absolute atomic E-state index is 0.106. The van der Waals surface area contributed by atoms with Crippen molar-refractivity contribution in [3.05, 3.63) is 58.5 Å². The molecule has 1 aliphatic heterocycles. The van der Waals surface area contributed by atoms with Crippen LogP contribution in [0.4, 0.5) is 10.5 Å². The van der Waals surface area contributed by atoms with Crippen molar-refractivity contribution in [3.8, 4) is 0 Å². The van der Waals surface area contributed by atoms with Gasteiger partial charge in [0, 0.05) is 37.4 Å². The van der Waals surface area contributed by atoms with E-state index in [0.29, 0.717) is 25.3 Å². The molecule has 1 saturated heterocycles. The molecule has 160 valence electrons. The molecule has 0 spiro atoms. The molecule has 0 saturated carbocycles. The monoisotopic (exact) mass is 411 g/mol. The number of hydrogen-bond acceptors (Lipinski definition) is 4. The van der Waals surface area contributed by atoms with Crippen LogP contribution in [0.2, 0.25) is 0 Å². The number of benzene rings is 1. The average Bonchev–Trinajstić information content (AvgIpc) is 2.77. The molecule has 1 fully saturated rings. The highest BCUT2D eigenvalue weighted by Crippen LogP contribution is 2.18. The van der Waals surface area contributed by atoms with Gasteiger partial charge in [0.15, 0.2) is 0 Å². The fourth-order valence-electron chi connectivity index (χ4n) is 3.57. The van der Waals surface area contributed by atoms with E-state index in [9.17, 15) is 14.4 Å². The lowest BCUT2D eigenvalue weighted by Crippen LogP contribution is -2.50. The van der Waals surface area contributed by atoms with Gasteiger partial charge in [-0.25, -0.2) is 9.48 Å². The molecule has 1 aromatic carbocycles. The van der Waals surface area contributed by atoms with E-state index in [0.717, 1.165) is 32.1 Å². The van der Waals surface area contributed by atoms with Crippen molar-refractivity contribution < 1.29 is 9.59 Å². The molecule has 2 N–H and O–H groups in total. The molecular formula is C22H29N5O3. The van der Waals surface area contributed by atoms with Crippen LogP contribution < -0.4 is 16.2 Å². The lowest BCUT2D eigenvalue weighted by Gasteiger charge is -2.35. The van der Waals surface area contributed by atoms with Crippen LogP contribution in [0.5, 0.6) is 0 Å². The van der Waals surface area contributed by atoms with Crippen molar-refractivity contribution in [1.82, 2.24) is 20.0 Å². The second kappa shape index (κ2) is 10.6. The first-order valence-corrected chi connectivity index (χ1v) is 10.6. The number of nitrogens with zero attached hydrogens (tertiary/aromatic N) is 3. The fourth-order valence-corrected chi connectivity index (χ4v) is 3.57. The van der Waals surface area contributed by atoms with E-state index in [1.807, 2.05) is 37.3 Å². The number of unbranched alkanes of at least 4 members (excludes halogenated alkanes) is 1. The van der Waals surface area contributed by atoms with Gasteiger partial charge in [0.05, 0.1) is 0 Å². The summed E-state index contributed by atoms with van der Waals surface area (Å²) in [6, 6.07) is 11.7. The predicted octanol–water partition coefficient (Wildman–Crippen LogP) is 2.86. The van der Waals surface area contributed by atoms with Crippen molar-refractivity contribution in [3.63, 3.8) is 0 Å². The molecule has 1 aromatic heterocycles. The zero-order valence-corrected chi connectivity index (χ0v) is 17.3. The van der Waals surface area contributed by atoms with Crippen LogP contribution in [0.3, 0.4) is 0 Å². The number of nitrogens with one attached hydrogen (secondary N) is 2. The number of hydrogen-bond donors (Lipinski definition) is 2. The van der Waals surface area contributed by atoms with E-state index in [4.69, 9.17) is 0 Å². The Bertz CT molecular complexity index is 912. The highest BCUT2D eigenvalue weighted by atomic mass is 16.2. The molecule has 1 atom stereocenters. The van der Waals surface area contributed by atoms with Crippen LogP contribution in [0, 0.1) is 0 Å². The van der Waals surface area contributed by atoms with Gasteiger partial charge in [0.2, 0.25) is 0 Å². The topological polar surface area (TPSA) is 96.3 Å². The summed E-state index contributed by atoms with van der Waals surface area (Å²) < 4.78 is 1.36. The Balaban J connectivity index is 1.64. The Morgan fingerprint density at radius 1 is 1.13 bits per heavy atom. The lowest BCUT2D eigenvalue weighted by molar-refractivity contribution is 0.0606. The van der Waals surface area contributed by atoms with Gasteiger partial charge in [-0.3, -0.25) is 9.59 Å². The second-order valence-electron chi connectivity index (χ2n) is 7.48. The van der Waals surface area contributed by atoms with E-state index in [2.05, 4.69) is 15.7 Å². The molecule has 3 rings (SSSR count). The molecule has 8 heteroatoms. The number of aromatic nitrogens is 2. The zero-order valence-electron chi connectivity index (χ0n) is 17.3. The number of carbonyl (C=O) groups excluding carboxylic acids is 2. The molecule has 8 nitrogen and oxygen atoms in total. The van der Waals surface area contributed by atoms with Gasteiger partial charge in [-0.2, -0.15) is 5.10 Å². The fraction of sp³-hybridized carbons (Fsp3) is 0.455. The van der Waals surface area contributed by atoms with Crippen LogP contribution in [-0.2, 0) is 6.54 Å². The van der Waals surface area contributed by atoms with Crippen LogP contribution in [-0.4, -0.2) is 45.8 Å². The lowest BCUT2D eigenvalue weighted by atomic mass is 10.0. The van der Waals surface area contributed by atoms with Gasteiger partial charge in [-0.15, -0.1) is 0 Å². The summed E-state index contributed by atoms with van der Waals surface area (Å²) in [6.07, 6.45) is 4.50. The zero-order chi connectivity index (χ0) is 21.3. The minimum atomic E-state index is -0.301. The summed E-state index contributed by atoms with van der Waals surface area (Å²) in [4.78, 5) is 39.1. The molecular weight excluding hydrogens is 382 g/mol. The van der Waals surface area contributed by atoms with E-state index in [1.54, 1.807) is 4.90 Å². The third kappa shape index (κ3) is 5.68. The molecule has 2 heterocycles. The number of amides is 3. The third-order valence-corrected chi connectivity index (χ3v) is 5.23. The summed E-state index contributed by atoms with van der Waals surface area (Å²) in [5.74, 6) is -0.199. The van der Waals surface area contributed by atoms with Gasteiger partial charge in [0.1, 0.15) is 5.69 Å². The summed E-state index contributed by atoms with van der Waals surface area (Å²) in [5, 5.41) is 9.94. The predicted molar refractivity (Wildman–Crippen MR) is 116 cm³/mol. The molecule has 0 aliphatic carbocycles. The number of carbonyl (C=O) groups is 2. The average molecular weight is 412 g/mol. The first-order valence-electron chi connectivity index (χ1n) is 10.6. The molecule has 1 aliphatic rings. The van der Waals surface area contributed by atoms with E-state index >= 15 is 0 Å². The number of para-hydroxylation sites is 1. The van der Waals surface area contributed by atoms with Crippen LogP contribution in [0.25, 0.3) is 0 Å². The van der Waals surface area contributed by atoms with E-state index in [1.165, 1.54) is 16.8 Å². The minimum Gasteiger partial charge on any atom is -0.336 e. The summed E-state index contributed by atoms with van der Waals surface area (Å²) in [5.41, 5.74) is 0.783. The largest absolute Gasteiger partial charge is 0.336 e. The van der Waals surface area contributed by atoms with Crippen molar-refractivity contribution in [2.45, 2.75) is 51.6 Å². The van der Waals surface area contributed by atoms with Crippen molar-refractivity contribution >= 4 is 17.6 Å². The Morgan fingerprint density at radius 3 is 2.70 bits per heavy atom. The smallest absolute Gasteiger partial charge is 0.319 e. The van der Waals surface area contributed by atoms with Gasteiger partial charge in [-0.1, -0.05) is 31.5 Å². The van der Waals surface area contributed by atoms with Crippen molar-refractivity contribution in [2.75, 3.05) is 18.4 Å². The third-order valence-electron chi connectivity index (χ3n) is 5.23. The van der Waals surface area contributed by atoms with Gasteiger partial charge in [0.25, 0.3) is 11.5 Å².